The Morgan fingerprint density at radius 2 is 1.80 bits per heavy atom. The summed E-state index contributed by atoms with van der Waals surface area (Å²) in [6.07, 6.45) is 0.692. The van der Waals surface area contributed by atoms with Crippen LogP contribution >= 0.6 is 0 Å². The molecule has 3 heterocycles. The Bertz CT molecular complexity index is 1560. The first kappa shape index (κ1) is 33.3. The maximum atomic E-state index is 14.4. The van der Waals surface area contributed by atoms with Crippen molar-refractivity contribution in [2.24, 2.45) is 5.41 Å². The molecule has 11 nitrogen and oxygen atoms in total. The van der Waals surface area contributed by atoms with Gasteiger partial charge in [0.1, 0.15) is 29.4 Å². The highest BCUT2D eigenvalue weighted by atomic mass is 28.4. The Hall–Kier alpha value is -3.55. The van der Waals surface area contributed by atoms with Crippen LogP contribution in [0.1, 0.15) is 91.3 Å². The van der Waals surface area contributed by atoms with Gasteiger partial charge < -0.3 is 33.7 Å². The zero-order valence-electron chi connectivity index (χ0n) is 27.3. The maximum Gasteiger partial charge on any atom is 0.408 e. The summed E-state index contributed by atoms with van der Waals surface area (Å²) in [6, 6.07) is 2.68. The number of ether oxygens (including phenoxy) is 1. The largest absolute Gasteiger partial charge is 0.444 e. The molecule has 1 aliphatic rings. The molecular weight excluding hydrogens is 587 g/mol. The van der Waals surface area contributed by atoms with Gasteiger partial charge >= 0.3 is 6.09 Å². The summed E-state index contributed by atoms with van der Waals surface area (Å²) in [6.45, 7) is 21.5. The minimum absolute atomic E-state index is 0.0291. The van der Waals surface area contributed by atoms with Crippen LogP contribution in [0.3, 0.4) is 0 Å². The van der Waals surface area contributed by atoms with Crippen molar-refractivity contribution in [3.8, 4) is 11.6 Å². The van der Waals surface area contributed by atoms with Crippen LogP contribution in [-0.2, 0) is 26.2 Å². The van der Waals surface area contributed by atoms with E-state index in [0.29, 0.717) is 5.69 Å². The molecule has 4 rings (SSSR count). The summed E-state index contributed by atoms with van der Waals surface area (Å²) in [5.74, 6) is -1.98. The zero-order chi connectivity index (χ0) is 33.0. The lowest BCUT2D eigenvalue weighted by Crippen LogP contribution is -2.40. The van der Waals surface area contributed by atoms with Crippen molar-refractivity contribution >= 4 is 26.0 Å². The number of anilines is 1. The number of carbonyl (C=O) groups is 2. The van der Waals surface area contributed by atoms with E-state index in [0.717, 1.165) is 6.07 Å². The fourth-order valence-corrected chi connectivity index (χ4v) is 5.30. The third-order valence-electron chi connectivity index (χ3n) is 7.84. The molecule has 0 saturated heterocycles. The van der Waals surface area contributed by atoms with Gasteiger partial charge in [-0.25, -0.2) is 19.2 Å². The number of nitrogens with one attached hydrogen (secondary N) is 2. The number of halogens is 1. The first-order valence-electron chi connectivity index (χ1n) is 14.5. The van der Waals surface area contributed by atoms with Crippen molar-refractivity contribution < 1.29 is 37.1 Å². The van der Waals surface area contributed by atoms with Crippen LogP contribution in [0.25, 0.3) is 11.6 Å². The van der Waals surface area contributed by atoms with E-state index in [4.69, 9.17) is 18.0 Å². The predicted octanol–water partition coefficient (Wildman–Crippen LogP) is 6.79. The number of hydrogen-bond acceptors (Lipinski definition) is 9. The summed E-state index contributed by atoms with van der Waals surface area (Å²) >= 11 is 0. The zero-order valence-corrected chi connectivity index (χ0v) is 28.3. The molecule has 2 amide bonds. The average molecular weight is 631 g/mol. The second-order valence-electron chi connectivity index (χ2n) is 14.7. The Morgan fingerprint density at radius 1 is 1.14 bits per heavy atom. The van der Waals surface area contributed by atoms with Gasteiger partial charge in [-0.3, -0.25) is 4.79 Å². The van der Waals surface area contributed by atoms with Gasteiger partial charge in [-0.1, -0.05) is 41.5 Å². The number of oxazole rings is 2. The van der Waals surface area contributed by atoms with Crippen LogP contribution in [0.2, 0.25) is 18.1 Å². The third kappa shape index (κ3) is 6.59. The van der Waals surface area contributed by atoms with Gasteiger partial charge in [0.05, 0.1) is 6.61 Å². The fourth-order valence-electron chi connectivity index (χ4n) is 4.36. The van der Waals surface area contributed by atoms with Crippen molar-refractivity contribution in [3.63, 3.8) is 0 Å². The molecule has 1 unspecified atom stereocenters. The second-order valence-corrected chi connectivity index (χ2v) is 19.5. The van der Waals surface area contributed by atoms with Crippen LogP contribution in [0.15, 0.2) is 33.3 Å². The molecule has 2 atom stereocenters. The molecule has 240 valence electrons. The highest BCUT2D eigenvalue weighted by molar-refractivity contribution is 6.74. The van der Waals surface area contributed by atoms with Crippen molar-refractivity contribution in [1.82, 2.24) is 15.3 Å². The van der Waals surface area contributed by atoms with Crippen LogP contribution in [0, 0.1) is 11.2 Å². The Morgan fingerprint density at radius 3 is 2.39 bits per heavy atom. The summed E-state index contributed by atoms with van der Waals surface area (Å²) in [5.41, 5.74) is -3.42. The summed E-state index contributed by atoms with van der Waals surface area (Å²) in [4.78, 5) is 35.4. The second kappa shape index (κ2) is 11.1. The topological polar surface area (TPSA) is 149 Å². The van der Waals surface area contributed by atoms with E-state index in [-0.39, 0.29) is 46.1 Å². The first-order valence-corrected chi connectivity index (χ1v) is 17.4. The lowest BCUT2D eigenvalue weighted by Gasteiger charge is -2.35. The summed E-state index contributed by atoms with van der Waals surface area (Å²) in [7, 11) is -2.12. The number of aliphatic hydroxyl groups is 1. The highest BCUT2D eigenvalue weighted by Gasteiger charge is 2.53. The fraction of sp³-hybridized carbons (Fsp3) is 0.548. The number of hydrogen-bond donors (Lipinski definition) is 3. The molecule has 0 saturated carbocycles. The minimum Gasteiger partial charge on any atom is -0.444 e. The van der Waals surface area contributed by atoms with E-state index < -0.39 is 48.8 Å². The van der Waals surface area contributed by atoms with E-state index in [1.807, 2.05) is 20.8 Å². The van der Waals surface area contributed by atoms with Crippen LogP contribution in [0.4, 0.5) is 14.9 Å². The number of alkyl carbamates (subject to hydrolysis) is 1. The molecule has 2 aromatic heterocycles. The monoisotopic (exact) mass is 630 g/mol. The van der Waals surface area contributed by atoms with Gasteiger partial charge in [0.15, 0.2) is 19.8 Å². The number of fused-ring (bicyclic) bond motifs is 1. The van der Waals surface area contributed by atoms with Crippen molar-refractivity contribution in [3.05, 3.63) is 53.2 Å². The smallest absolute Gasteiger partial charge is 0.408 e. The molecule has 3 aromatic rings. The van der Waals surface area contributed by atoms with Crippen LogP contribution in [0.5, 0.6) is 0 Å². The number of rotatable bonds is 7. The molecule has 0 radical (unpaired) electrons. The van der Waals surface area contributed by atoms with Crippen LogP contribution in [-0.4, -0.2) is 41.0 Å². The van der Waals surface area contributed by atoms with E-state index in [2.05, 4.69) is 54.5 Å². The minimum atomic E-state index is -2.49. The number of benzene rings is 1. The molecule has 0 bridgehead atoms. The lowest BCUT2D eigenvalue weighted by molar-refractivity contribution is -0.131. The van der Waals surface area contributed by atoms with Gasteiger partial charge in [-0.15, -0.1) is 0 Å². The standard InChI is InChI=1S/C31H43FN4O7Si/c1-28(2,3)22(36-27(38)43-29(4,5)6)25-35-21(24-33-18(15-40-24)16-41-44(10,11)30(7,8)9)23(42-25)31(39)19-14-17(32)12-13-20(19)34-26(31)37/h12-15,22,39H,16H2,1-11H3,(H,34,37)(H,36,38)/t22-,31?/m1/s1. The van der Waals surface area contributed by atoms with Gasteiger partial charge in [0.2, 0.25) is 17.4 Å². The van der Waals surface area contributed by atoms with E-state index >= 15 is 0 Å². The first-order chi connectivity index (χ1) is 20.0. The Kier molecular flexibility index (Phi) is 8.42. The quantitative estimate of drug-likeness (QED) is 0.240. The maximum absolute atomic E-state index is 14.4. The molecule has 0 fully saturated rings. The molecule has 0 spiro atoms. The molecule has 1 aliphatic heterocycles. The van der Waals surface area contributed by atoms with Gasteiger partial charge in [0, 0.05) is 11.3 Å². The van der Waals surface area contributed by atoms with E-state index in [9.17, 15) is 19.1 Å². The van der Waals surface area contributed by atoms with Crippen molar-refractivity contribution in [2.75, 3.05) is 5.32 Å². The number of carbonyl (C=O) groups excluding carboxylic acids is 2. The molecule has 0 aliphatic carbocycles. The molecular formula is C31H43FN4O7Si. The van der Waals surface area contributed by atoms with E-state index in [1.165, 1.54) is 18.4 Å². The normalized spacial score (nSPS) is 18.2. The van der Waals surface area contributed by atoms with E-state index in [1.54, 1.807) is 20.8 Å². The Balaban J connectivity index is 1.84. The predicted molar refractivity (Wildman–Crippen MR) is 164 cm³/mol. The van der Waals surface area contributed by atoms with Crippen molar-refractivity contribution in [1.29, 1.82) is 0 Å². The number of aromatic nitrogens is 2. The Labute approximate surface area is 258 Å². The van der Waals surface area contributed by atoms with Gasteiger partial charge in [0.25, 0.3) is 5.91 Å². The molecule has 44 heavy (non-hydrogen) atoms. The molecule has 1 aromatic carbocycles. The van der Waals surface area contributed by atoms with Gasteiger partial charge in [-0.2, -0.15) is 0 Å². The molecule has 3 N–H and O–H groups in total. The average Bonchev–Trinajstić information content (AvgIpc) is 3.56. The third-order valence-corrected chi connectivity index (χ3v) is 12.3. The van der Waals surface area contributed by atoms with Crippen LogP contribution < -0.4 is 10.6 Å². The lowest BCUT2D eigenvalue weighted by atomic mass is 9.86. The van der Waals surface area contributed by atoms with Crippen molar-refractivity contribution in [2.45, 2.75) is 104 Å². The molecule has 13 heteroatoms. The highest BCUT2D eigenvalue weighted by Crippen LogP contribution is 2.46. The summed E-state index contributed by atoms with van der Waals surface area (Å²) < 4.78 is 38.1. The summed E-state index contributed by atoms with van der Waals surface area (Å²) in [5, 5.41) is 17.3. The number of nitrogens with zero attached hydrogens (tertiary/aromatic N) is 2. The SMILES string of the molecule is CC(C)(C)OC(=O)N[C@H](c1nc(-c2nc(CO[Si](C)(C)C(C)(C)C)co2)c(C2(O)C(=O)Nc3ccc(F)cc32)o1)C(C)(C)C. The van der Waals surface area contributed by atoms with Gasteiger partial charge in [-0.05, 0) is 62.5 Å². The number of amides is 2.